The number of benzene rings is 7. The molecule has 0 N–H and O–H groups in total. The molecule has 4 heteroatoms. The van der Waals surface area contributed by atoms with E-state index in [9.17, 15) is 0 Å². The van der Waals surface area contributed by atoms with Crippen LogP contribution < -0.4 is 0 Å². The summed E-state index contributed by atoms with van der Waals surface area (Å²) in [5.41, 5.74) is 13.9. The molecule has 2 heterocycles. The minimum atomic E-state index is -0.0970. The summed E-state index contributed by atoms with van der Waals surface area (Å²) in [6.07, 6.45) is 0. The average Bonchev–Trinajstić information content (AvgIpc) is 3.67. The summed E-state index contributed by atoms with van der Waals surface area (Å²) >= 11 is 0. The van der Waals surface area contributed by atoms with Gasteiger partial charge in [0.05, 0.1) is 11.0 Å². The lowest BCUT2D eigenvalue weighted by Crippen LogP contribution is -2.15. The summed E-state index contributed by atoms with van der Waals surface area (Å²) < 4.78 is 2.40. The Morgan fingerprint density at radius 2 is 0.942 bits per heavy atom. The fraction of sp³-hybridized carbons (Fsp3) is 0.0625. The fourth-order valence-corrected chi connectivity index (χ4v) is 8.10. The van der Waals surface area contributed by atoms with E-state index in [0.717, 1.165) is 49.7 Å². The zero-order chi connectivity index (χ0) is 34.8. The molecule has 0 saturated carbocycles. The first kappa shape index (κ1) is 30.2. The smallest absolute Gasteiger partial charge is 0.164 e. The van der Waals surface area contributed by atoms with Gasteiger partial charge >= 0.3 is 0 Å². The fourth-order valence-electron chi connectivity index (χ4n) is 8.10. The summed E-state index contributed by atoms with van der Waals surface area (Å²) in [5.74, 6) is 1.94. The largest absolute Gasteiger partial charge is 0.309 e. The minimum Gasteiger partial charge on any atom is -0.309 e. The van der Waals surface area contributed by atoms with Crippen LogP contribution in [0.3, 0.4) is 0 Å². The highest BCUT2D eigenvalue weighted by atomic mass is 15.0. The van der Waals surface area contributed by atoms with Crippen molar-refractivity contribution in [3.63, 3.8) is 0 Å². The van der Waals surface area contributed by atoms with Gasteiger partial charge < -0.3 is 4.57 Å². The number of fused-ring (bicyclic) bond motifs is 6. The van der Waals surface area contributed by atoms with E-state index in [1.807, 2.05) is 24.3 Å². The van der Waals surface area contributed by atoms with Gasteiger partial charge in [0.1, 0.15) is 0 Å². The van der Waals surface area contributed by atoms with Crippen molar-refractivity contribution in [2.45, 2.75) is 19.3 Å². The standard InChI is InChI=1S/C48H34N4/c1-48(2)40-21-11-9-18-36(40)37-29-28-35(30-41(37)48)52-42-22-12-10-19-38(42)44-39(20-13-23-43(44)52)47-50-45(33-16-7-4-8-17-33)49-46(51-47)34-26-24-32(25-27-34)31-14-5-3-6-15-31/h3-30H,1-2H3. The van der Waals surface area contributed by atoms with Crippen molar-refractivity contribution in [2.75, 3.05) is 0 Å². The summed E-state index contributed by atoms with van der Waals surface area (Å²) in [6, 6.07) is 60.0. The van der Waals surface area contributed by atoms with E-state index in [-0.39, 0.29) is 5.41 Å². The molecular formula is C48H34N4. The zero-order valence-electron chi connectivity index (χ0n) is 29.0. The highest BCUT2D eigenvalue weighted by Gasteiger charge is 2.35. The topological polar surface area (TPSA) is 43.6 Å². The number of para-hydroxylation sites is 1. The third kappa shape index (κ3) is 4.72. The number of hydrogen-bond donors (Lipinski definition) is 0. The van der Waals surface area contributed by atoms with Gasteiger partial charge in [0.15, 0.2) is 17.5 Å². The lowest BCUT2D eigenvalue weighted by molar-refractivity contribution is 0.660. The van der Waals surface area contributed by atoms with Gasteiger partial charge in [-0.15, -0.1) is 0 Å². The summed E-state index contributed by atoms with van der Waals surface area (Å²) in [6.45, 7) is 4.67. The van der Waals surface area contributed by atoms with Crippen molar-refractivity contribution in [3.05, 3.63) is 181 Å². The molecule has 0 bridgehead atoms. The first-order chi connectivity index (χ1) is 25.5. The first-order valence-corrected chi connectivity index (χ1v) is 17.8. The first-order valence-electron chi connectivity index (χ1n) is 17.8. The minimum absolute atomic E-state index is 0.0970. The predicted octanol–water partition coefficient (Wildman–Crippen LogP) is 11.9. The second-order valence-corrected chi connectivity index (χ2v) is 14.1. The average molecular weight is 667 g/mol. The highest BCUT2D eigenvalue weighted by Crippen LogP contribution is 2.49. The predicted molar refractivity (Wildman–Crippen MR) is 213 cm³/mol. The molecule has 0 aliphatic heterocycles. The molecule has 4 nitrogen and oxygen atoms in total. The summed E-state index contributed by atoms with van der Waals surface area (Å²) in [5, 5.41) is 2.28. The van der Waals surface area contributed by atoms with Crippen LogP contribution in [0.15, 0.2) is 170 Å². The number of hydrogen-bond acceptors (Lipinski definition) is 3. The van der Waals surface area contributed by atoms with Crippen LogP contribution in [0.5, 0.6) is 0 Å². The molecule has 0 spiro atoms. The van der Waals surface area contributed by atoms with Crippen LogP contribution in [0.2, 0.25) is 0 Å². The second-order valence-electron chi connectivity index (χ2n) is 14.1. The van der Waals surface area contributed by atoms with E-state index in [0.29, 0.717) is 17.5 Å². The van der Waals surface area contributed by atoms with Gasteiger partial charge in [0, 0.05) is 38.6 Å². The Morgan fingerprint density at radius 3 is 1.71 bits per heavy atom. The Hall–Kier alpha value is -6.65. The second kappa shape index (κ2) is 11.7. The molecule has 1 aliphatic rings. The van der Waals surface area contributed by atoms with E-state index in [1.54, 1.807) is 0 Å². The molecule has 0 fully saturated rings. The maximum absolute atomic E-state index is 5.20. The number of rotatable bonds is 5. The molecule has 7 aromatic carbocycles. The van der Waals surface area contributed by atoms with E-state index >= 15 is 0 Å². The molecular weight excluding hydrogens is 633 g/mol. The SMILES string of the molecule is CC1(C)c2ccccc2-c2ccc(-n3c4ccccc4c4c(-c5nc(-c6ccccc6)nc(-c6ccc(-c7ccccc7)cc6)n5)cccc43)cc21. The van der Waals surface area contributed by atoms with Crippen molar-refractivity contribution < 1.29 is 0 Å². The van der Waals surface area contributed by atoms with Crippen molar-refractivity contribution in [1.29, 1.82) is 0 Å². The van der Waals surface area contributed by atoms with Gasteiger partial charge in [0.2, 0.25) is 0 Å². The number of aromatic nitrogens is 4. The van der Waals surface area contributed by atoms with Gasteiger partial charge in [-0.05, 0) is 57.6 Å². The van der Waals surface area contributed by atoms with Crippen LogP contribution in [0.1, 0.15) is 25.0 Å². The third-order valence-corrected chi connectivity index (χ3v) is 10.7. The Morgan fingerprint density at radius 1 is 0.404 bits per heavy atom. The Bertz CT molecular complexity index is 2800. The van der Waals surface area contributed by atoms with Crippen LogP contribution in [0, 0.1) is 0 Å². The molecule has 9 aromatic rings. The molecule has 0 radical (unpaired) electrons. The molecule has 0 atom stereocenters. The van der Waals surface area contributed by atoms with Crippen LogP contribution in [0.4, 0.5) is 0 Å². The van der Waals surface area contributed by atoms with Crippen molar-refractivity contribution in [3.8, 4) is 62.1 Å². The van der Waals surface area contributed by atoms with Crippen molar-refractivity contribution in [2.24, 2.45) is 0 Å². The lowest BCUT2D eigenvalue weighted by atomic mass is 9.82. The van der Waals surface area contributed by atoms with Gasteiger partial charge in [-0.3, -0.25) is 0 Å². The molecule has 10 rings (SSSR count). The van der Waals surface area contributed by atoms with Gasteiger partial charge in [-0.2, -0.15) is 0 Å². The van der Waals surface area contributed by atoms with E-state index < -0.39 is 0 Å². The lowest BCUT2D eigenvalue weighted by Gasteiger charge is -2.22. The Balaban J connectivity index is 1.17. The molecule has 0 saturated heterocycles. The monoisotopic (exact) mass is 666 g/mol. The Kier molecular flexibility index (Phi) is 6.80. The van der Waals surface area contributed by atoms with Crippen LogP contribution in [0.25, 0.3) is 83.9 Å². The van der Waals surface area contributed by atoms with Crippen molar-refractivity contribution >= 4 is 21.8 Å². The Labute approximate surface area is 302 Å². The van der Waals surface area contributed by atoms with Crippen LogP contribution in [-0.4, -0.2) is 19.5 Å². The maximum atomic E-state index is 5.20. The van der Waals surface area contributed by atoms with Crippen LogP contribution >= 0.6 is 0 Å². The van der Waals surface area contributed by atoms with E-state index in [2.05, 4.69) is 164 Å². The summed E-state index contributed by atoms with van der Waals surface area (Å²) in [7, 11) is 0. The highest BCUT2D eigenvalue weighted by molar-refractivity contribution is 6.15. The normalized spacial score (nSPS) is 13.0. The molecule has 0 unspecified atom stereocenters. The third-order valence-electron chi connectivity index (χ3n) is 10.7. The molecule has 52 heavy (non-hydrogen) atoms. The van der Waals surface area contributed by atoms with Crippen LogP contribution in [-0.2, 0) is 5.41 Å². The van der Waals surface area contributed by atoms with Gasteiger partial charge in [-0.25, -0.2) is 15.0 Å². The van der Waals surface area contributed by atoms with Gasteiger partial charge in [0.25, 0.3) is 0 Å². The maximum Gasteiger partial charge on any atom is 0.164 e. The van der Waals surface area contributed by atoms with Crippen molar-refractivity contribution in [1.82, 2.24) is 19.5 Å². The van der Waals surface area contributed by atoms with E-state index in [1.165, 1.54) is 27.8 Å². The quantitative estimate of drug-likeness (QED) is 0.184. The zero-order valence-corrected chi connectivity index (χ0v) is 29.0. The molecule has 1 aliphatic carbocycles. The summed E-state index contributed by atoms with van der Waals surface area (Å²) in [4.78, 5) is 15.4. The van der Waals surface area contributed by atoms with Gasteiger partial charge in [-0.1, -0.05) is 159 Å². The molecule has 246 valence electrons. The molecule has 2 aromatic heterocycles. The number of nitrogens with zero attached hydrogens (tertiary/aromatic N) is 4. The molecule has 0 amide bonds. The van der Waals surface area contributed by atoms with E-state index in [4.69, 9.17) is 15.0 Å².